The number of hydrogen-bond donors (Lipinski definition) is 0. The topological polar surface area (TPSA) is 42.0 Å². The number of likely N-dealkylation sites (N-methyl/N-ethyl adjacent to an activating group) is 1. The maximum Gasteiger partial charge on any atom is 0.240 e. The van der Waals surface area contributed by atoms with Gasteiger partial charge in [-0.05, 0) is 56.1 Å². The quantitative estimate of drug-likeness (QED) is 0.853. The summed E-state index contributed by atoms with van der Waals surface area (Å²) in [6.45, 7) is 2.47. The van der Waals surface area contributed by atoms with Crippen LogP contribution in [0.15, 0.2) is 12.1 Å². The number of amides is 1. The van der Waals surface area contributed by atoms with E-state index < -0.39 is 0 Å². The molecule has 1 amide bonds. The summed E-state index contributed by atoms with van der Waals surface area (Å²) in [5.74, 6) is 1.77. The fourth-order valence-corrected chi connectivity index (χ4v) is 3.85. The first-order valence-electron chi connectivity index (χ1n) is 8.87. The molecule has 0 saturated carbocycles. The molecular weight excluding hydrogens is 304 g/mol. The van der Waals surface area contributed by atoms with Crippen molar-refractivity contribution in [1.29, 1.82) is 0 Å². The number of methoxy groups -OCH3 is 2. The van der Waals surface area contributed by atoms with Crippen LogP contribution in [0.2, 0.25) is 0 Å². The third kappa shape index (κ3) is 3.36. The van der Waals surface area contributed by atoms with Gasteiger partial charge in [0.05, 0.1) is 20.3 Å². The minimum atomic E-state index is 0.0363. The van der Waals surface area contributed by atoms with Crippen LogP contribution >= 0.6 is 0 Å². The van der Waals surface area contributed by atoms with Crippen LogP contribution in [0, 0.1) is 0 Å². The number of rotatable bonds is 3. The van der Waals surface area contributed by atoms with Gasteiger partial charge in [-0.2, -0.15) is 0 Å². The number of carbonyl (C=O) groups is 1. The molecule has 1 unspecified atom stereocenters. The maximum absolute atomic E-state index is 13.0. The van der Waals surface area contributed by atoms with Gasteiger partial charge in [0.2, 0.25) is 5.91 Å². The van der Waals surface area contributed by atoms with Gasteiger partial charge in [-0.15, -0.1) is 0 Å². The number of likely N-dealkylation sites (tertiary alicyclic amines) is 1. The molecule has 132 valence electrons. The van der Waals surface area contributed by atoms with Crippen molar-refractivity contribution < 1.29 is 14.3 Å². The Balaban J connectivity index is 1.77. The third-order valence-electron chi connectivity index (χ3n) is 5.34. The van der Waals surface area contributed by atoms with E-state index in [4.69, 9.17) is 9.47 Å². The van der Waals surface area contributed by atoms with Gasteiger partial charge in [0.25, 0.3) is 0 Å². The SMILES string of the molecule is COc1cc2c(cc1OC)CN(C(=O)C1CCCCCN1C)CC2. The van der Waals surface area contributed by atoms with Crippen molar-refractivity contribution in [2.45, 2.75) is 44.7 Å². The molecular formula is C19H28N2O3. The molecule has 1 aromatic carbocycles. The second-order valence-electron chi connectivity index (χ2n) is 6.83. The maximum atomic E-state index is 13.0. The standard InChI is InChI=1S/C19H28N2O3/c1-20-9-6-4-5-7-16(20)19(22)21-10-8-14-11-17(23-2)18(24-3)12-15(14)13-21/h11-12,16H,4-10,13H2,1-3H3. The molecule has 2 aliphatic rings. The molecule has 24 heavy (non-hydrogen) atoms. The highest BCUT2D eigenvalue weighted by Gasteiger charge is 2.31. The van der Waals surface area contributed by atoms with Gasteiger partial charge < -0.3 is 14.4 Å². The Morgan fingerprint density at radius 2 is 1.75 bits per heavy atom. The van der Waals surface area contributed by atoms with Gasteiger partial charge in [0, 0.05) is 13.1 Å². The lowest BCUT2D eigenvalue weighted by Crippen LogP contribution is -2.48. The van der Waals surface area contributed by atoms with E-state index >= 15 is 0 Å². The Bertz CT molecular complexity index is 603. The first kappa shape index (κ1) is 17.1. The monoisotopic (exact) mass is 332 g/mol. The van der Waals surface area contributed by atoms with Gasteiger partial charge in [0.1, 0.15) is 0 Å². The number of ether oxygens (including phenoxy) is 2. The third-order valence-corrected chi connectivity index (χ3v) is 5.34. The normalized spacial score (nSPS) is 21.8. The van der Waals surface area contributed by atoms with Gasteiger partial charge in [-0.3, -0.25) is 9.69 Å². The minimum absolute atomic E-state index is 0.0363. The average molecular weight is 332 g/mol. The van der Waals surface area contributed by atoms with Crippen molar-refractivity contribution in [3.8, 4) is 11.5 Å². The number of benzene rings is 1. The molecule has 3 rings (SSSR count). The summed E-state index contributed by atoms with van der Waals surface area (Å²) < 4.78 is 10.8. The van der Waals surface area contributed by atoms with E-state index in [1.165, 1.54) is 24.0 Å². The Hall–Kier alpha value is -1.75. The molecule has 0 bridgehead atoms. The minimum Gasteiger partial charge on any atom is -0.493 e. The highest BCUT2D eigenvalue weighted by Crippen LogP contribution is 2.33. The molecule has 0 aliphatic carbocycles. The zero-order valence-corrected chi connectivity index (χ0v) is 15.0. The van der Waals surface area contributed by atoms with Gasteiger partial charge >= 0.3 is 0 Å². The van der Waals surface area contributed by atoms with Crippen molar-refractivity contribution in [2.75, 3.05) is 34.4 Å². The summed E-state index contributed by atoms with van der Waals surface area (Å²) in [5.41, 5.74) is 2.43. The molecule has 5 heteroatoms. The zero-order chi connectivity index (χ0) is 17.1. The van der Waals surface area contributed by atoms with Crippen molar-refractivity contribution in [3.63, 3.8) is 0 Å². The summed E-state index contributed by atoms with van der Waals surface area (Å²) in [5, 5.41) is 0. The summed E-state index contributed by atoms with van der Waals surface area (Å²) >= 11 is 0. The van der Waals surface area contributed by atoms with Crippen molar-refractivity contribution in [1.82, 2.24) is 9.80 Å². The lowest BCUT2D eigenvalue weighted by molar-refractivity contribution is -0.137. The van der Waals surface area contributed by atoms with Crippen LogP contribution in [0.5, 0.6) is 11.5 Å². The van der Waals surface area contributed by atoms with Crippen LogP contribution in [-0.2, 0) is 17.8 Å². The summed E-state index contributed by atoms with van der Waals surface area (Å²) in [6, 6.07) is 4.10. The molecule has 1 atom stereocenters. The molecule has 0 radical (unpaired) electrons. The molecule has 2 aliphatic heterocycles. The lowest BCUT2D eigenvalue weighted by atomic mass is 9.97. The molecule has 1 fully saturated rings. The van der Waals surface area contributed by atoms with E-state index in [1.54, 1.807) is 14.2 Å². The lowest BCUT2D eigenvalue weighted by Gasteiger charge is -2.34. The van der Waals surface area contributed by atoms with E-state index in [0.717, 1.165) is 43.9 Å². The van der Waals surface area contributed by atoms with E-state index in [0.29, 0.717) is 6.54 Å². The van der Waals surface area contributed by atoms with E-state index in [-0.39, 0.29) is 11.9 Å². The number of nitrogens with zero attached hydrogens (tertiary/aromatic N) is 2. The van der Waals surface area contributed by atoms with Crippen LogP contribution in [0.25, 0.3) is 0 Å². The summed E-state index contributed by atoms with van der Waals surface area (Å²) in [6.07, 6.45) is 5.42. The Labute approximate surface area is 144 Å². The highest BCUT2D eigenvalue weighted by molar-refractivity contribution is 5.82. The predicted octanol–water partition coefficient (Wildman–Crippen LogP) is 2.46. The largest absolute Gasteiger partial charge is 0.493 e. The molecule has 5 nitrogen and oxygen atoms in total. The second-order valence-corrected chi connectivity index (χ2v) is 6.83. The molecule has 2 heterocycles. The van der Waals surface area contributed by atoms with E-state index in [1.807, 2.05) is 17.0 Å². The first-order chi connectivity index (χ1) is 11.6. The molecule has 1 saturated heterocycles. The fourth-order valence-electron chi connectivity index (χ4n) is 3.85. The zero-order valence-electron chi connectivity index (χ0n) is 15.0. The Kier molecular flexibility index (Phi) is 5.29. The van der Waals surface area contributed by atoms with Crippen molar-refractivity contribution in [2.24, 2.45) is 0 Å². The first-order valence-corrected chi connectivity index (χ1v) is 8.87. The number of carbonyl (C=O) groups excluding carboxylic acids is 1. The van der Waals surface area contributed by atoms with Gasteiger partial charge in [-0.25, -0.2) is 0 Å². The van der Waals surface area contributed by atoms with Crippen molar-refractivity contribution in [3.05, 3.63) is 23.3 Å². The van der Waals surface area contributed by atoms with Gasteiger partial charge in [0.15, 0.2) is 11.5 Å². The Morgan fingerprint density at radius 1 is 1.04 bits per heavy atom. The van der Waals surface area contributed by atoms with Crippen LogP contribution in [0.1, 0.15) is 36.8 Å². The van der Waals surface area contributed by atoms with E-state index in [2.05, 4.69) is 11.9 Å². The molecule has 0 N–H and O–H groups in total. The Morgan fingerprint density at radius 3 is 2.46 bits per heavy atom. The number of fused-ring (bicyclic) bond motifs is 1. The van der Waals surface area contributed by atoms with Crippen LogP contribution in [-0.4, -0.2) is 56.1 Å². The van der Waals surface area contributed by atoms with E-state index in [9.17, 15) is 4.79 Å². The molecule has 0 spiro atoms. The van der Waals surface area contributed by atoms with Crippen LogP contribution in [0.3, 0.4) is 0 Å². The second kappa shape index (κ2) is 7.43. The molecule has 1 aromatic rings. The smallest absolute Gasteiger partial charge is 0.240 e. The highest BCUT2D eigenvalue weighted by atomic mass is 16.5. The molecule has 0 aromatic heterocycles. The van der Waals surface area contributed by atoms with Crippen LogP contribution < -0.4 is 9.47 Å². The van der Waals surface area contributed by atoms with Gasteiger partial charge in [-0.1, -0.05) is 12.8 Å². The summed E-state index contributed by atoms with van der Waals surface area (Å²) in [7, 11) is 5.39. The number of hydrogen-bond acceptors (Lipinski definition) is 4. The summed E-state index contributed by atoms with van der Waals surface area (Å²) in [4.78, 5) is 17.3. The fraction of sp³-hybridized carbons (Fsp3) is 0.632. The average Bonchev–Trinajstić information content (AvgIpc) is 2.83. The predicted molar refractivity (Wildman–Crippen MR) is 93.6 cm³/mol. The van der Waals surface area contributed by atoms with Crippen molar-refractivity contribution >= 4 is 5.91 Å². The van der Waals surface area contributed by atoms with Crippen LogP contribution in [0.4, 0.5) is 0 Å².